The minimum atomic E-state index is -0.718. The molecule has 0 saturated carbocycles. The number of anilines is 1. The van der Waals surface area contributed by atoms with Gasteiger partial charge in [0.2, 0.25) is 5.91 Å². The van der Waals surface area contributed by atoms with E-state index in [1.807, 2.05) is 49.0 Å². The molecule has 1 atom stereocenters. The number of rotatable bonds is 6. The fourth-order valence-electron chi connectivity index (χ4n) is 2.32. The van der Waals surface area contributed by atoms with Gasteiger partial charge < -0.3 is 15.8 Å². The highest BCUT2D eigenvalue weighted by atomic mass is 32.1. The standard InChI is InChI=1S/C17H19N5O2S/c1-22-7-6-14(21-22)11-4-3-5-12(8-11)15-10-25-17(19-15)20-16(23)13(18)9-24-2/h3-8,10,13H,9,18H2,1-2H3,(H,19,20,23)/t13-/m0/s1. The van der Waals surface area contributed by atoms with Crippen molar-refractivity contribution < 1.29 is 9.53 Å². The van der Waals surface area contributed by atoms with Crippen LogP contribution in [-0.4, -0.2) is 40.4 Å². The van der Waals surface area contributed by atoms with Crippen molar-refractivity contribution in [2.24, 2.45) is 12.8 Å². The molecular formula is C17H19N5O2S. The Hall–Kier alpha value is -2.55. The number of thiazole rings is 1. The molecule has 1 aromatic carbocycles. The number of methoxy groups -OCH3 is 1. The van der Waals surface area contributed by atoms with Gasteiger partial charge in [0.05, 0.1) is 18.0 Å². The van der Waals surface area contributed by atoms with E-state index in [1.54, 1.807) is 4.68 Å². The summed E-state index contributed by atoms with van der Waals surface area (Å²) >= 11 is 1.35. The Labute approximate surface area is 149 Å². The Bertz CT molecular complexity index is 873. The molecular weight excluding hydrogens is 338 g/mol. The first-order chi connectivity index (χ1) is 12.1. The van der Waals surface area contributed by atoms with Crippen molar-refractivity contribution in [3.8, 4) is 22.5 Å². The van der Waals surface area contributed by atoms with Gasteiger partial charge in [-0.2, -0.15) is 5.10 Å². The molecule has 0 radical (unpaired) electrons. The number of carbonyl (C=O) groups is 1. The molecule has 25 heavy (non-hydrogen) atoms. The molecule has 7 nitrogen and oxygen atoms in total. The Morgan fingerprint density at radius 2 is 2.12 bits per heavy atom. The summed E-state index contributed by atoms with van der Waals surface area (Å²) in [6.45, 7) is 0.163. The molecule has 0 bridgehead atoms. The number of aryl methyl sites for hydroxylation is 1. The average Bonchev–Trinajstić information content (AvgIpc) is 3.24. The van der Waals surface area contributed by atoms with Crippen molar-refractivity contribution in [3.63, 3.8) is 0 Å². The van der Waals surface area contributed by atoms with Crippen LogP contribution in [0.15, 0.2) is 41.9 Å². The topological polar surface area (TPSA) is 95.1 Å². The Morgan fingerprint density at radius 3 is 2.80 bits per heavy atom. The monoisotopic (exact) mass is 357 g/mol. The van der Waals surface area contributed by atoms with Crippen molar-refractivity contribution in [2.45, 2.75) is 6.04 Å². The van der Waals surface area contributed by atoms with E-state index < -0.39 is 6.04 Å². The van der Waals surface area contributed by atoms with Crippen LogP contribution in [-0.2, 0) is 16.6 Å². The average molecular weight is 357 g/mol. The van der Waals surface area contributed by atoms with E-state index in [-0.39, 0.29) is 12.5 Å². The molecule has 130 valence electrons. The van der Waals surface area contributed by atoms with E-state index in [0.717, 1.165) is 22.5 Å². The van der Waals surface area contributed by atoms with Gasteiger partial charge in [0, 0.05) is 36.9 Å². The fourth-order valence-corrected chi connectivity index (χ4v) is 3.05. The minimum Gasteiger partial charge on any atom is -0.383 e. The SMILES string of the molecule is COC[C@H](N)C(=O)Nc1nc(-c2cccc(-c3ccn(C)n3)c2)cs1. The van der Waals surface area contributed by atoms with Crippen LogP contribution in [0.1, 0.15) is 0 Å². The Kier molecular flexibility index (Phi) is 5.22. The van der Waals surface area contributed by atoms with E-state index >= 15 is 0 Å². The summed E-state index contributed by atoms with van der Waals surface area (Å²) in [5.74, 6) is -0.315. The highest BCUT2D eigenvalue weighted by Gasteiger charge is 2.15. The van der Waals surface area contributed by atoms with Crippen LogP contribution >= 0.6 is 11.3 Å². The van der Waals surface area contributed by atoms with Crippen molar-refractivity contribution in [1.82, 2.24) is 14.8 Å². The highest BCUT2D eigenvalue weighted by Crippen LogP contribution is 2.28. The zero-order valence-corrected chi connectivity index (χ0v) is 14.8. The molecule has 0 saturated heterocycles. The van der Waals surface area contributed by atoms with E-state index in [0.29, 0.717) is 5.13 Å². The van der Waals surface area contributed by atoms with Gasteiger partial charge in [-0.05, 0) is 12.1 Å². The van der Waals surface area contributed by atoms with E-state index in [9.17, 15) is 4.79 Å². The molecule has 0 aliphatic rings. The molecule has 8 heteroatoms. The molecule has 3 aromatic rings. The largest absolute Gasteiger partial charge is 0.383 e. The number of nitrogens with zero attached hydrogens (tertiary/aromatic N) is 3. The second kappa shape index (κ2) is 7.56. The number of benzene rings is 1. The third-order valence-corrected chi connectivity index (χ3v) is 4.34. The van der Waals surface area contributed by atoms with Gasteiger partial charge in [-0.15, -0.1) is 11.3 Å². The fraction of sp³-hybridized carbons (Fsp3) is 0.235. The van der Waals surface area contributed by atoms with Gasteiger partial charge >= 0.3 is 0 Å². The van der Waals surface area contributed by atoms with Crippen LogP contribution in [0.3, 0.4) is 0 Å². The number of aromatic nitrogens is 3. The number of ether oxygens (including phenoxy) is 1. The predicted molar refractivity (Wildman–Crippen MR) is 98.2 cm³/mol. The number of hydrogen-bond acceptors (Lipinski definition) is 6. The normalized spacial score (nSPS) is 12.1. The molecule has 2 heterocycles. The summed E-state index contributed by atoms with van der Waals surface area (Å²) in [6.07, 6.45) is 1.90. The van der Waals surface area contributed by atoms with Crippen LogP contribution in [0.25, 0.3) is 22.5 Å². The maximum Gasteiger partial charge on any atom is 0.245 e. The summed E-state index contributed by atoms with van der Waals surface area (Å²) in [6, 6.07) is 9.22. The minimum absolute atomic E-state index is 0.163. The molecule has 0 fully saturated rings. The second-order valence-electron chi connectivity index (χ2n) is 5.54. The molecule has 1 amide bonds. The van der Waals surface area contributed by atoms with Gasteiger partial charge in [-0.3, -0.25) is 9.48 Å². The van der Waals surface area contributed by atoms with Crippen LogP contribution in [0.4, 0.5) is 5.13 Å². The maximum atomic E-state index is 11.9. The van der Waals surface area contributed by atoms with Crippen molar-refractivity contribution in [3.05, 3.63) is 41.9 Å². The molecule has 0 aliphatic heterocycles. The lowest BCUT2D eigenvalue weighted by molar-refractivity contribution is -0.118. The summed E-state index contributed by atoms with van der Waals surface area (Å²) in [5.41, 5.74) is 9.37. The van der Waals surface area contributed by atoms with E-state index in [2.05, 4.69) is 15.4 Å². The molecule has 2 aromatic heterocycles. The number of nitrogens with two attached hydrogens (primary N) is 1. The summed E-state index contributed by atoms with van der Waals surface area (Å²) in [4.78, 5) is 16.4. The molecule has 0 spiro atoms. The zero-order valence-electron chi connectivity index (χ0n) is 14.0. The number of hydrogen-bond donors (Lipinski definition) is 2. The van der Waals surface area contributed by atoms with Crippen molar-refractivity contribution >= 4 is 22.4 Å². The molecule has 3 rings (SSSR count). The number of amides is 1. The Balaban J connectivity index is 1.77. The first kappa shape index (κ1) is 17.3. The second-order valence-corrected chi connectivity index (χ2v) is 6.40. The number of carbonyl (C=O) groups excluding carboxylic acids is 1. The summed E-state index contributed by atoms with van der Waals surface area (Å²) < 4.78 is 6.65. The summed E-state index contributed by atoms with van der Waals surface area (Å²) in [5, 5.41) is 9.53. The van der Waals surface area contributed by atoms with Gasteiger partial charge in [-0.25, -0.2) is 4.98 Å². The van der Waals surface area contributed by atoms with E-state index in [4.69, 9.17) is 10.5 Å². The summed E-state index contributed by atoms with van der Waals surface area (Å²) in [7, 11) is 3.39. The van der Waals surface area contributed by atoms with E-state index in [1.165, 1.54) is 18.4 Å². The predicted octanol–water partition coefficient (Wildman–Crippen LogP) is 2.12. The first-order valence-electron chi connectivity index (χ1n) is 7.68. The highest BCUT2D eigenvalue weighted by molar-refractivity contribution is 7.14. The quantitative estimate of drug-likeness (QED) is 0.705. The lowest BCUT2D eigenvalue weighted by Gasteiger charge is -2.08. The van der Waals surface area contributed by atoms with Crippen molar-refractivity contribution in [1.29, 1.82) is 0 Å². The lowest BCUT2D eigenvalue weighted by Crippen LogP contribution is -2.39. The van der Waals surface area contributed by atoms with Gasteiger partial charge in [0.25, 0.3) is 0 Å². The number of nitrogens with one attached hydrogen (secondary N) is 1. The lowest BCUT2D eigenvalue weighted by atomic mass is 10.1. The van der Waals surface area contributed by atoms with Crippen LogP contribution in [0.2, 0.25) is 0 Å². The third kappa shape index (κ3) is 4.11. The molecule has 0 unspecified atom stereocenters. The Morgan fingerprint density at radius 1 is 1.36 bits per heavy atom. The van der Waals surface area contributed by atoms with Crippen LogP contribution in [0.5, 0.6) is 0 Å². The van der Waals surface area contributed by atoms with Gasteiger partial charge in [0.1, 0.15) is 6.04 Å². The maximum absolute atomic E-state index is 11.9. The van der Waals surface area contributed by atoms with Gasteiger partial charge in [-0.1, -0.05) is 18.2 Å². The molecule has 0 aliphatic carbocycles. The van der Waals surface area contributed by atoms with Gasteiger partial charge in [0.15, 0.2) is 5.13 Å². The molecule has 3 N–H and O–H groups in total. The van der Waals surface area contributed by atoms with Crippen molar-refractivity contribution in [2.75, 3.05) is 19.0 Å². The first-order valence-corrected chi connectivity index (χ1v) is 8.56. The smallest absolute Gasteiger partial charge is 0.245 e. The van der Waals surface area contributed by atoms with Crippen LogP contribution in [0, 0.1) is 0 Å². The van der Waals surface area contributed by atoms with Crippen LogP contribution < -0.4 is 11.1 Å². The zero-order chi connectivity index (χ0) is 17.8. The third-order valence-electron chi connectivity index (χ3n) is 3.59.